The molecule has 0 saturated heterocycles. The molecule has 0 spiro atoms. The smallest absolute Gasteiger partial charge is 0.408 e. The fraction of sp³-hybridized carbons (Fsp3) is 0.609. The first-order valence-corrected chi connectivity index (χ1v) is 11.1. The Morgan fingerprint density at radius 1 is 1.06 bits per heavy atom. The molecule has 1 aromatic carbocycles. The first-order valence-electron chi connectivity index (χ1n) is 10.5. The predicted octanol–water partition coefficient (Wildman–Crippen LogP) is 3.62. The van der Waals surface area contributed by atoms with Crippen molar-refractivity contribution in [2.24, 2.45) is 0 Å². The van der Waals surface area contributed by atoms with E-state index in [1.807, 2.05) is 52.0 Å². The molecule has 1 aromatic rings. The Hall–Kier alpha value is -2.22. The van der Waals surface area contributed by atoms with E-state index < -0.39 is 35.2 Å². The molecule has 2 atom stereocenters. The lowest BCUT2D eigenvalue weighted by Gasteiger charge is -2.35. The van der Waals surface area contributed by atoms with Crippen molar-refractivity contribution in [3.8, 4) is 0 Å². The van der Waals surface area contributed by atoms with Crippen LogP contribution in [0.2, 0.25) is 0 Å². The molecular weight excluding hydrogens is 414 g/mol. The molecule has 7 nitrogen and oxygen atoms in total. The molecule has 3 amide bonds. The zero-order chi connectivity index (χ0) is 24.0. The van der Waals surface area contributed by atoms with Crippen LogP contribution in [0.3, 0.4) is 0 Å². The Morgan fingerprint density at radius 3 is 2.03 bits per heavy atom. The van der Waals surface area contributed by atoms with Gasteiger partial charge in [0, 0.05) is 17.8 Å². The average Bonchev–Trinajstić information content (AvgIpc) is 2.61. The van der Waals surface area contributed by atoms with E-state index in [9.17, 15) is 14.4 Å². The van der Waals surface area contributed by atoms with Gasteiger partial charge in [-0.15, -0.1) is 0 Å². The Balaban J connectivity index is 3.25. The summed E-state index contributed by atoms with van der Waals surface area (Å²) in [4.78, 5) is 40.3. The quantitative estimate of drug-likeness (QED) is 0.553. The molecule has 0 radical (unpaired) electrons. The molecule has 0 aromatic heterocycles. The van der Waals surface area contributed by atoms with Crippen molar-refractivity contribution in [2.75, 3.05) is 12.3 Å². The number of alkyl carbamates (subject to hydrolysis) is 1. The first kappa shape index (κ1) is 26.8. The highest BCUT2D eigenvalue weighted by Crippen LogP contribution is 2.24. The largest absolute Gasteiger partial charge is 0.444 e. The van der Waals surface area contributed by atoms with Gasteiger partial charge in [-0.05, 0) is 61.0 Å². The molecule has 2 unspecified atom stereocenters. The number of rotatable bonds is 7. The monoisotopic (exact) mass is 451 g/mol. The van der Waals surface area contributed by atoms with Gasteiger partial charge in [0.1, 0.15) is 17.7 Å². The number of carbonyl (C=O) groups excluding carboxylic acids is 3. The highest BCUT2D eigenvalue weighted by atomic mass is 32.1. The summed E-state index contributed by atoms with van der Waals surface area (Å²) in [5.41, 5.74) is 0.571. The molecule has 2 N–H and O–H groups in total. The Labute approximate surface area is 191 Å². The van der Waals surface area contributed by atoms with Gasteiger partial charge in [-0.2, -0.15) is 12.6 Å². The van der Waals surface area contributed by atoms with Gasteiger partial charge >= 0.3 is 6.09 Å². The lowest BCUT2D eigenvalue weighted by molar-refractivity contribution is -0.142. The van der Waals surface area contributed by atoms with E-state index in [1.165, 1.54) is 4.90 Å². The predicted molar refractivity (Wildman–Crippen MR) is 126 cm³/mol. The van der Waals surface area contributed by atoms with E-state index in [1.54, 1.807) is 27.7 Å². The third kappa shape index (κ3) is 8.81. The minimum absolute atomic E-state index is 0.0656. The topological polar surface area (TPSA) is 87.7 Å². The van der Waals surface area contributed by atoms with E-state index in [0.29, 0.717) is 5.56 Å². The molecule has 0 aliphatic carbocycles. The maximum Gasteiger partial charge on any atom is 0.408 e. The number of benzene rings is 1. The second-order valence-electron chi connectivity index (χ2n) is 9.56. The van der Waals surface area contributed by atoms with Crippen molar-refractivity contribution in [2.45, 2.75) is 78.6 Å². The number of hydrogen-bond donors (Lipinski definition) is 3. The lowest BCUT2D eigenvalue weighted by atomic mass is 10.00. The van der Waals surface area contributed by atoms with Gasteiger partial charge in [0.25, 0.3) is 0 Å². The zero-order valence-corrected chi connectivity index (χ0v) is 20.8. The number of ether oxygens (including phenoxy) is 1. The van der Waals surface area contributed by atoms with Crippen LogP contribution in [-0.2, 0) is 14.3 Å². The van der Waals surface area contributed by atoms with Crippen molar-refractivity contribution in [1.29, 1.82) is 0 Å². The van der Waals surface area contributed by atoms with Gasteiger partial charge in [-0.1, -0.05) is 29.8 Å². The zero-order valence-electron chi connectivity index (χ0n) is 19.9. The summed E-state index contributed by atoms with van der Waals surface area (Å²) in [6.07, 6.45) is -0.706. The van der Waals surface area contributed by atoms with Gasteiger partial charge in [-0.3, -0.25) is 9.59 Å². The van der Waals surface area contributed by atoms with Gasteiger partial charge in [-0.25, -0.2) is 4.79 Å². The number of thiol groups is 1. The second-order valence-corrected chi connectivity index (χ2v) is 9.92. The fourth-order valence-corrected chi connectivity index (χ4v) is 3.21. The van der Waals surface area contributed by atoms with Crippen LogP contribution in [0.1, 0.15) is 65.6 Å². The van der Waals surface area contributed by atoms with Crippen LogP contribution < -0.4 is 10.6 Å². The maximum atomic E-state index is 13.4. The van der Waals surface area contributed by atoms with Crippen LogP contribution in [0.4, 0.5) is 4.79 Å². The van der Waals surface area contributed by atoms with Gasteiger partial charge in [0.2, 0.25) is 11.8 Å². The number of likely N-dealkylation sites (N-methyl/N-ethyl adjacent to an activating group) is 1. The van der Waals surface area contributed by atoms with E-state index in [4.69, 9.17) is 4.74 Å². The molecule has 0 heterocycles. The van der Waals surface area contributed by atoms with E-state index in [0.717, 1.165) is 5.56 Å². The van der Waals surface area contributed by atoms with Crippen molar-refractivity contribution in [1.82, 2.24) is 15.5 Å². The summed E-state index contributed by atoms with van der Waals surface area (Å²) in [6.45, 7) is 14.9. The standard InChI is InChI=1S/C23H37N3O4S/c1-9-26(20(28)17(14-31)24-21(29)30-23(6,7)8)18(19(27)25-22(3,4)5)16-12-10-15(2)11-13-16/h10-13,17-18,31H,9,14H2,1-8H3,(H,24,29)(H,25,27). The summed E-state index contributed by atoms with van der Waals surface area (Å²) in [5.74, 6) is -0.629. The number of nitrogens with one attached hydrogen (secondary N) is 2. The number of aryl methyl sites for hydroxylation is 1. The van der Waals surface area contributed by atoms with Crippen LogP contribution in [-0.4, -0.2) is 52.3 Å². The second kappa shape index (κ2) is 10.9. The Kier molecular flexibility index (Phi) is 9.42. The van der Waals surface area contributed by atoms with Crippen LogP contribution in [0.5, 0.6) is 0 Å². The normalized spacial score (nSPS) is 13.7. The van der Waals surface area contributed by atoms with Gasteiger partial charge in [0.05, 0.1) is 0 Å². The molecule has 0 aliphatic heterocycles. The van der Waals surface area contributed by atoms with Gasteiger partial charge < -0.3 is 20.3 Å². The summed E-state index contributed by atoms with van der Waals surface area (Å²) < 4.78 is 5.27. The van der Waals surface area contributed by atoms with Gasteiger partial charge in [0.15, 0.2) is 0 Å². The summed E-state index contributed by atoms with van der Waals surface area (Å²) in [6, 6.07) is 5.71. The lowest BCUT2D eigenvalue weighted by Crippen LogP contribution is -2.55. The fourth-order valence-electron chi connectivity index (χ4n) is 2.96. The maximum absolute atomic E-state index is 13.4. The van der Waals surface area contributed by atoms with Crippen LogP contribution in [0.25, 0.3) is 0 Å². The highest BCUT2D eigenvalue weighted by molar-refractivity contribution is 7.80. The number of hydrogen-bond acceptors (Lipinski definition) is 5. The minimum atomic E-state index is -0.937. The SMILES string of the molecule is CCN(C(=O)C(CS)NC(=O)OC(C)(C)C)C(C(=O)NC(C)(C)C)c1ccc(C)cc1. The van der Waals surface area contributed by atoms with E-state index in [-0.39, 0.29) is 18.2 Å². The summed E-state index contributed by atoms with van der Waals surface area (Å²) in [5, 5.41) is 5.55. The molecule has 0 saturated carbocycles. The Bertz CT molecular complexity index is 767. The molecule has 1 rings (SSSR count). The van der Waals surface area contributed by atoms with Crippen LogP contribution >= 0.6 is 12.6 Å². The highest BCUT2D eigenvalue weighted by Gasteiger charge is 2.36. The molecule has 174 valence electrons. The summed E-state index contributed by atoms with van der Waals surface area (Å²) >= 11 is 4.25. The van der Waals surface area contributed by atoms with Crippen molar-refractivity contribution >= 4 is 30.5 Å². The van der Waals surface area contributed by atoms with E-state index in [2.05, 4.69) is 23.3 Å². The van der Waals surface area contributed by atoms with Crippen LogP contribution in [0, 0.1) is 6.92 Å². The van der Waals surface area contributed by atoms with Crippen molar-refractivity contribution < 1.29 is 19.1 Å². The summed E-state index contributed by atoms with van der Waals surface area (Å²) in [7, 11) is 0. The molecule has 0 fully saturated rings. The average molecular weight is 452 g/mol. The third-order valence-corrected chi connectivity index (χ3v) is 4.61. The van der Waals surface area contributed by atoms with Crippen LogP contribution in [0.15, 0.2) is 24.3 Å². The Morgan fingerprint density at radius 2 is 1.61 bits per heavy atom. The molecule has 8 heteroatoms. The third-order valence-electron chi connectivity index (χ3n) is 4.25. The van der Waals surface area contributed by atoms with Crippen molar-refractivity contribution in [3.63, 3.8) is 0 Å². The molecular formula is C23H37N3O4S. The molecule has 0 aliphatic rings. The van der Waals surface area contributed by atoms with E-state index >= 15 is 0 Å². The number of nitrogens with zero attached hydrogens (tertiary/aromatic N) is 1. The van der Waals surface area contributed by atoms with Crippen molar-refractivity contribution in [3.05, 3.63) is 35.4 Å². The molecule has 0 bridgehead atoms. The first-order chi connectivity index (χ1) is 14.2. The number of amides is 3. The molecule has 31 heavy (non-hydrogen) atoms. The minimum Gasteiger partial charge on any atom is -0.444 e. The number of carbonyl (C=O) groups is 3.